The molecule has 0 saturated heterocycles. The molecule has 3 aromatic rings. The second-order valence-corrected chi connectivity index (χ2v) is 9.82. The number of carbonyl (C=O) groups excluding carboxylic acids is 2. The minimum Gasteiger partial charge on any atom is -0.454 e. The van der Waals surface area contributed by atoms with E-state index in [1.807, 2.05) is 54.7 Å². The average molecular weight is 498 g/mol. The third-order valence-corrected chi connectivity index (χ3v) is 7.26. The zero-order chi connectivity index (χ0) is 25.4. The molecule has 37 heavy (non-hydrogen) atoms. The molecule has 188 valence electrons. The fraction of sp³-hybridized carbons (Fsp3) is 0.310. The molecule has 2 N–H and O–H groups in total. The van der Waals surface area contributed by atoms with Crippen LogP contribution in [0, 0.1) is 5.92 Å². The zero-order valence-corrected chi connectivity index (χ0v) is 20.7. The van der Waals surface area contributed by atoms with E-state index in [1.165, 1.54) is 12.8 Å². The van der Waals surface area contributed by atoms with Crippen LogP contribution in [0.4, 0.5) is 0 Å². The molecule has 8 heteroatoms. The molecule has 2 aliphatic heterocycles. The predicted molar refractivity (Wildman–Crippen MR) is 139 cm³/mol. The number of amides is 2. The number of carbonyl (C=O) groups is 2. The fourth-order valence-electron chi connectivity index (χ4n) is 5.37. The van der Waals surface area contributed by atoms with Gasteiger partial charge >= 0.3 is 0 Å². The van der Waals surface area contributed by atoms with E-state index in [0.717, 1.165) is 29.6 Å². The van der Waals surface area contributed by atoms with Crippen LogP contribution in [-0.2, 0) is 16.1 Å². The normalized spacial score (nSPS) is 19.2. The van der Waals surface area contributed by atoms with Crippen LogP contribution in [0.15, 0.2) is 64.7 Å². The Bertz CT molecular complexity index is 1450. The third kappa shape index (κ3) is 4.55. The van der Waals surface area contributed by atoms with Crippen molar-refractivity contribution in [1.29, 1.82) is 0 Å². The molecule has 8 nitrogen and oxygen atoms in total. The summed E-state index contributed by atoms with van der Waals surface area (Å²) in [6, 6.07) is 12.9. The van der Waals surface area contributed by atoms with Gasteiger partial charge in [-0.3, -0.25) is 9.59 Å². The Morgan fingerprint density at radius 2 is 2.00 bits per heavy atom. The van der Waals surface area contributed by atoms with Crippen molar-refractivity contribution in [3.05, 3.63) is 71.8 Å². The largest absolute Gasteiger partial charge is 0.454 e. The summed E-state index contributed by atoms with van der Waals surface area (Å²) in [4.78, 5) is 34.6. The van der Waals surface area contributed by atoms with Gasteiger partial charge in [0, 0.05) is 42.5 Å². The van der Waals surface area contributed by atoms with Crippen LogP contribution in [0.5, 0.6) is 11.5 Å². The summed E-state index contributed by atoms with van der Waals surface area (Å²) < 4.78 is 12.4. The Hall–Kier alpha value is -4.20. The minimum absolute atomic E-state index is 0.0209. The van der Waals surface area contributed by atoms with Crippen molar-refractivity contribution in [2.24, 2.45) is 5.92 Å². The van der Waals surface area contributed by atoms with Crippen molar-refractivity contribution in [2.75, 3.05) is 7.05 Å². The molecular weight excluding hydrogens is 468 g/mol. The topological polar surface area (TPSA) is 98.6 Å². The highest BCUT2D eigenvalue weighted by Gasteiger charge is 2.39. The highest BCUT2D eigenvalue weighted by molar-refractivity contribution is 6.03. The van der Waals surface area contributed by atoms with Crippen molar-refractivity contribution in [1.82, 2.24) is 15.2 Å². The molecule has 2 amide bonds. The van der Waals surface area contributed by atoms with Gasteiger partial charge in [-0.2, -0.15) is 0 Å². The molecule has 6 rings (SSSR count). The number of ether oxygens (including phenoxy) is 1. The maximum Gasteiger partial charge on any atom is 0.299 e. The Kier molecular flexibility index (Phi) is 6.08. The summed E-state index contributed by atoms with van der Waals surface area (Å²) in [6.07, 6.45) is 10.8. The number of benzene rings is 2. The molecule has 0 radical (unpaired) electrons. The van der Waals surface area contributed by atoms with Gasteiger partial charge in [0.05, 0.1) is 6.54 Å². The molecule has 0 bridgehead atoms. The monoisotopic (exact) mass is 497 g/mol. The van der Waals surface area contributed by atoms with Gasteiger partial charge in [-0.1, -0.05) is 31.0 Å². The second kappa shape index (κ2) is 9.69. The van der Waals surface area contributed by atoms with Crippen LogP contribution >= 0.6 is 0 Å². The lowest BCUT2D eigenvalue weighted by molar-refractivity contribution is -0.467. The lowest BCUT2D eigenvalue weighted by atomic mass is 9.90. The number of likely N-dealkylation sites (N-methyl/N-ethyl adjacent to an activating group) is 1. The molecule has 1 atom stereocenters. The van der Waals surface area contributed by atoms with E-state index in [9.17, 15) is 9.59 Å². The van der Waals surface area contributed by atoms with E-state index in [4.69, 9.17) is 14.1 Å². The van der Waals surface area contributed by atoms with E-state index in [1.54, 1.807) is 18.2 Å². The molecule has 1 fully saturated rings. The molecule has 3 heterocycles. The van der Waals surface area contributed by atoms with Crippen LogP contribution < -0.4 is 15.0 Å². The maximum absolute atomic E-state index is 12.7. The summed E-state index contributed by atoms with van der Waals surface area (Å²) in [6.45, 7) is 0.215. The van der Waals surface area contributed by atoms with E-state index in [-0.39, 0.29) is 18.4 Å². The molecule has 1 unspecified atom stereocenters. The van der Waals surface area contributed by atoms with Gasteiger partial charge in [-0.05, 0) is 43.0 Å². The summed E-state index contributed by atoms with van der Waals surface area (Å²) in [5.41, 5.74) is 3.68. The van der Waals surface area contributed by atoms with Crippen molar-refractivity contribution in [3.63, 3.8) is 0 Å². The van der Waals surface area contributed by atoms with E-state index in [0.29, 0.717) is 40.8 Å². The van der Waals surface area contributed by atoms with Gasteiger partial charge in [0.2, 0.25) is 11.8 Å². The van der Waals surface area contributed by atoms with E-state index < -0.39 is 6.04 Å². The number of oxazole rings is 1. The SMILES string of the molecule is CN1C=C(c2ccc3oc(CNC(=O)CC4CCCC4)nc3c2Oc2ccccc2)C2=CC=[NH+]C2C1=O. The highest BCUT2D eigenvalue weighted by Crippen LogP contribution is 2.41. The van der Waals surface area contributed by atoms with Crippen LogP contribution in [0.25, 0.3) is 16.7 Å². The molecular formula is C29H29N4O4+. The molecule has 3 aliphatic rings. The lowest BCUT2D eigenvalue weighted by Gasteiger charge is -2.25. The van der Waals surface area contributed by atoms with Crippen molar-refractivity contribution in [2.45, 2.75) is 44.7 Å². The average Bonchev–Trinajstić information content (AvgIpc) is 3.67. The Morgan fingerprint density at radius 1 is 1.19 bits per heavy atom. The first kappa shape index (κ1) is 23.2. The number of para-hydroxylation sites is 1. The van der Waals surface area contributed by atoms with Crippen molar-refractivity contribution in [3.8, 4) is 11.5 Å². The number of hydrogen-bond acceptors (Lipinski definition) is 5. The molecule has 1 aromatic heterocycles. The van der Waals surface area contributed by atoms with E-state index in [2.05, 4.69) is 10.3 Å². The number of allylic oxidation sites excluding steroid dienone is 1. The van der Waals surface area contributed by atoms with Gasteiger partial charge in [-0.25, -0.2) is 9.98 Å². The Labute approximate surface area is 214 Å². The first-order valence-corrected chi connectivity index (χ1v) is 12.8. The molecule has 1 saturated carbocycles. The fourth-order valence-corrected chi connectivity index (χ4v) is 5.37. The summed E-state index contributed by atoms with van der Waals surface area (Å²) in [7, 11) is 1.75. The minimum atomic E-state index is -0.437. The zero-order valence-electron chi connectivity index (χ0n) is 20.7. The second-order valence-electron chi connectivity index (χ2n) is 9.82. The van der Waals surface area contributed by atoms with Gasteiger partial charge in [-0.15, -0.1) is 0 Å². The number of fused-ring (bicyclic) bond motifs is 2. The highest BCUT2D eigenvalue weighted by atomic mass is 16.5. The Balaban J connectivity index is 1.35. The predicted octanol–water partition coefficient (Wildman–Crippen LogP) is 3.09. The Morgan fingerprint density at radius 3 is 2.81 bits per heavy atom. The first-order valence-electron chi connectivity index (χ1n) is 12.8. The molecule has 2 aromatic carbocycles. The summed E-state index contributed by atoms with van der Waals surface area (Å²) in [5.74, 6) is 2.10. The summed E-state index contributed by atoms with van der Waals surface area (Å²) in [5, 5.41) is 2.96. The van der Waals surface area contributed by atoms with Crippen LogP contribution in [0.1, 0.15) is 43.6 Å². The van der Waals surface area contributed by atoms with Gasteiger partial charge in [0.15, 0.2) is 23.1 Å². The van der Waals surface area contributed by atoms with Crippen LogP contribution in [-0.4, -0.2) is 41.0 Å². The first-order chi connectivity index (χ1) is 18.1. The summed E-state index contributed by atoms with van der Waals surface area (Å²) >= 11 is 0. The van der Waals surface area contributed by atoms with Crippen LogP contribution in [0.2, 0.25) is 0 Å². The van der Waals surface area contributed by atoms with Gasteiger partial charge in [0.1, 0.15) is 5.75 Å². The standard InChI is InChI=1S/C29H28N4O4/c1-33-17-22(20-13-14-30-26(20)29(33)35)21-11-12-23-27(28(21)36-19-9-3-2-4-10-19)32-25(37-23)16-31-24(34)15-18-7-5-6-8-18/h2-4,9-14,17-18,26H,5-8,15-16H2,1H3,(H,31,34)/p+1. The number of nitrogens with zero attached hydrogens (tertiary/aromatic N) is 2. The van der Waals surface area contributed by atoms with Gasteiger partial charge < -0.3 is 19.4 Å². The van der Waals surface area contributed by atoms with Crippen molar-refractivity contribution >= 4 is 34.7 Å². The smallest absolute Gasteiger partial charge is 0.299 e. The van der Waals surface area contributed by atoms with Crippen LogP contribution in [0.3, 0.4) is 0 Å². The molecule has 0 spiro atoms. The van der Waals surface area contributed by atoms with Gasteiger partial charge in [0.25, 0.3) is 11.9 Å². The number of aromatic nitrogens is 1. The lowest BCUT2D eigenvalue weighted by Crippen LogP contribution is -2.78. The number of nitrogens with one attached hydrogen (secondary N) is 2. The van der Waals surface area contributed by atoms with E-state index >= 15 is 0 Å². The quantitative estimate of drug-likeness (QED) is 0.523. The van der Waals surface area contributed by atoms with Crippen molar-refractivity contribution < 1.29 is 23.7 Å². The number of rotatable bonds is 7. The maximum atomic E-state index is 12.7. The number of hydrogen-bond donors (Lipinski definition) is 2. The molecule has 1 aliphatic carbocycles. The third-order valence-electron chi connectivity index (χ3n) is 7.26.